The van der Waals surface area contributed by atoms with Gasteiger partial charge in [0.2, 0.25) is 0 Å². The number of rotatable bonds is 7. The molecule has 0 spiro atoms. The molecule has 4 rings (SSSR count). The highest BCUT2D eigenvalue weighted by Crippen LogP contribution is 2.35. The van der Waals surface area contributed by atoms with E-state index in [9.17, 15) is 18.3 Å². The Balaban J connectivity index is 1.80. The minimum absolute atomic E-state index is 0.0135. The van der Waals surface area contributed by atoms with Gasteiger partial charge in [-0.3, -0.25) is 9.40 Å². The monoisotopic (exact) mass is 468 g/mol. The van der Waals surface area contributed by atoms with Crippen LogP contribution in [0.2, 0.25) is 0 Å². The van der Waals surface area contributed by atoms with Crippen LogP contribution in [0.15, 0.2) is 53.6 Å². The van der Waals surface area contributed by atoms with Crippen molar-refractivity contribution < 1.29 is 18.3 Å². The summed E-state index contributed by atoms with van der Waals surface area (Å²) in [4.78, 5) is 13.7. The highest BCUT2D eigenvalue weighted by Gasteiger charge is 2.24. The zero-order valence-electron chi connectivity index (χ0n) is 18.8. The average molecular weight is 469 g/mol. The molecule has 2 aromatic carbocycles. The molecule has 0 amide bonds. The van der Waals surface area contributed by atoms with Crippen molar-refractivity contribution in [3.05, 3.63) is 59.8 Å². The minimum Gasteiger partial charge on any atom is -0.478 e. The van der Waals surface area contributed by atoms with Crippen LogP contribution in [0.1, 0.15) is 42.1 Å². The van der Waals surface area contributed by atoms with Crippen molar-refractivity contribution in [2.75, 3.05) is 22.7 Å². The number of anilines is 2. The van der Waals surface area contributed by atoms with E-state index < -0.39 is 16.0 Å². The summed E-state index contributed by atoms with van der Waals surface area (Å²) in [5, 5.41) is 13.6. The molecule has 8 nitrogen and oxygen atoms in total. The third-order valence-electron chi connectivity index (χ3n) is 6.04. The third kappa shape index (κ3) is 4.73. The molecule has 3 aromatic rings. The van der Waals surface area contributed by atoms with Crippen LogP contribution in [-0.4, -0.2) is 42.4 Å². The molecule has 33 heavy (non-hydrogen) atoms. The Labute approximate surface area is 193 Å². The first-order valence-electron chi connectivity index (χ1n) is 11.1. The lowest BCUT2D eigenvalue weighted by molar-refractivity contribution is 0.0696. The zero-order valence-corrected chi connectivity index (χ0v) is 19.6. The fourth-order valence-electron chi connectivity index (χ4n) is 4.27. The van der Waals surface area contributed by atoms with Gasteiger partial charge in [-0.15, -0.1) is 0 Å². The van der Waals surface area contributed by atoms with Gasteiger partial charge in [-0.25, -0.2) is 13.2 Å². The number of hydrogen-bond donors (Lipinski definition) is 2. The number of sulfonamides is 1. The Kier molecular flexibility index (Phi) is 6.42. The molecule has 1 saturated heterocycles. The van der Waals surface area contributed by atoms with Gasteiger partial charge in [0.15, 0.2) is 0 Å². The summed E-state index contributed by atoms with van der Waals surface area (Å²) in [6.45, 7) is 3.56. The molecule has 0 unspecified atom stereocenters. The largest absolute Gasteiger partial charge is 0.478 e. The van der Waals surface area contributed by atoms with E-state index in [1.165, 1.54) is 12.1 Å². The third-order valence-corrected chi connectivity index (χ3v) is 7.49. The van der Waals surface area contributed by atoms with Crippen LogP contribution >= 0.6 is 0 Å². The van der Waals surface area contributed by atoms with E-state index in [1.54, 1.807) is 16.9 Å². The van der Waals surface area contributed by atoms with E-state index in [2.05, 4.69) is 14.7 Å². The lowest BCUT2D eigenvalue weighted by atomic mass is 10.1. The van der Waals surface area contributed by atoms with Gasteiger partial charge in [-0.05, 0) is 61.6 Å². The second-order valence-corrected chi connectivity index (χ2v) is 9.86. The van der Waals surface area contributed by atoms with Crippen LogP contribution < -0.4 is 9.62 Å². The number of nitrogens with one attached hydrogen (secondary N) is 1. The van der Waals surface area contributed by atoms with Crippen LogP contribution in [0.25, 0.3) is 11.3 Å². The van der Waals surface area contributed by atoms with Gasteiger partial charge in [0, 0.05) is 31.9 Å². The van der Waals surface area contributed by atoms with Crippen molar-refractivity contribution in [2.24, 2.45) is 7.05 Å². The summed E-state index contributed by atoms with van der Waals surface area (Å²) in [6, 6.07) is 11.8. The fraction of sp³-hybridized carbons (Fsp3) is 0.333. The van der Waals surface area contributed by atoms with Gasteiger partial charge in [-0.1, -0.05) is 19.1 Å². The number of nitrogens with zero attached hydrogens (tertiary/aromatic N) is 3. The molecular weight excluding hydrogens is 440 g/mol. The smallest absolute Gasteiger partial charge is 0.335 e. The highest BCUT2D eigenvalue weighted by molar-refractivity contribution is 7.92. The van der Waals surface area contributed by atoms with Crippen molar-refractivity contribution in [2.45, 2.75) is 37.5 Å². The predicted molar refractivity (Wildman–Crippen MR) is 128 cm³/mol. The number of carboxylic acid groups (broad SMARTS) is 1. The molecular formula is C24H28N4O4S. The standard InChI is InChI=1S/C24H28N4O4S/c1-3-17-7-8-19(24(29)30)16-23(17)33(31,32)26-20-15-18(21-11-12-25-27(21)2)9-10-22(20)28-13-5-4-6-14-28/h7-12,15-16,26H,3-6,13-14H2,1-2H3,(H,29,30). The molecule has 0 aliphatic carbocycles. The number of carboxylic acids is 1. The summed E-state index contributed by atoms with van der Waals surface area (Å²) in [6.07, 6.45) is 5.42. The molecule has 1 aromatic heterocycles. The Morgan fingerprint density at radius 3 is 2.48 bits per heavy atom. The first-order valence-corrected chi connectivity index (χ1v) is 12.5. The number of aryl methyl sites for hydroxylation is 2. The van der Waals surface area contributed by atoms with Crippen LogP contribution in [0.3, 0.4) is 0 Å². The maximum atomic E-state index is 13.5. The number of carbonyl (C=O) groups is 1. The van der Waals surface area contributed by atoms with E-state index in [1.807, 2.05) is 38.2 Å². The van der Waals surface area contributed by atoms with Crippen molar-refractivity contribution in [3.63, 3.8) is 0 Å². The molecule has 174 valence electrons. The van der Waals surface area contributed by atoms with E-state index in [4.69, 9.17) is 0 Å². The molecule has 2 heterocycles. The van der Waals surface area contributed by atoms with Crippen molar-refractivity contribution in [3.8, 4) is 11.3 Å². The quantitative estimate of drug-likeness (QED) is 0.540. The van der Waals surface area contributed by atoms with Crippen LogP contribution in [0.5, 0.6) is 0 Å². The predicted octanol–water partition coefficient (Wildman–Crippen LogP) is 4.14. The average Bonchev–Trinajstić information content (AvgIpc) is 3.24. The number of aromatic carboxylic acids is 1. The summed E-state index contributed by atoms with van der Waals surface area (Å²) >= 11 is 0. The maximum Gasteiger partial charge on any atom is 0.335 e. The Hall–Kier alpha value is -3.33. The topological polar surface area (TPSA) is 105 Å². The lowest BCUT2D eigenvalue weighted by Gasteiger charge is -2.31. The second-order valence-electron chi connectivity index (χ2n) is 8.21. The zero-order chi connectivity index (χ0) is 23.6. The number of benzene rings is 2. The SMILES string of the molecule is CCc1ccc(C(=O)O)cc1S(=O)(=O)Nc1cc(-c2ccnn2C)ccc1N1CCCCC1. The summed E-state index contributed by atoms with van der Waals surface area (Å²) in [7, 11) is -2.20. The van der Waals surface area contributed by atoms with E-state index in [0.29, 0.717) is 17.7 Å². The molecule has 0 radical (unpaired) electrons. The first kappa shape index (κ1) is 22.8. The van der Waals surface area contributed by atoms with E-state index >= 15 is 0 Å². The Bertz CT molecular complexity index is 1280. The molecule has 1 fully saturated rings. The molecule has 9 heteroatoms. The number of piperidine rings is 1. The van der Waals surface area contributed by atoms with Gasteiger partial charge in [0.05, 0.1) is 27.5 Å². The number of hydrogen-bond acceptors (Lipinski definition) is 5. The first-order chi connectivity index (χ1) is 15.8. The van der Waals surface area contributed by atoms with Gasteiger partial charge in [0.25, 0.3) is 10.0 Å². The van der Waals surface area contributed by atoms with Crippen molar-refractivity contribution >= 4 is 27.4 Å². The minimum atomic E-state index is -4.03. The number of aromatic nitrogens is 2. The molecule has 2 N–H and O–H groups in total. The Morgan fingerprint density at radius 2 is 1.85 bits per heavy atom. The summed E-state index contributed by atoms with van der Waals surface area (Å²) < 4.78 is 31.5. The molecule has 1 aliphatic heterocycles. The van der Waals surface area contributed by atoms with Crippen molar-refractivity contribution in [1.82, 2.24) is 9.78 Å². The lowest BCUT2D eigenvalue weighted by Crippen LogP contribution is -2.30. The van der Waals surface area contributed by atoms with Crippen molar-refractivity contribution in [1.29, 1.82) is 0 Å². The fourth-order valence-corrected chi connectivity index (χ4v) is 5.68. The van der Waals surface area contributed by atoms with E-state index in [0.717, 1.165) is 49.3 Å². The highest BCUT2D eigenvalue weighted by atomic mass is 32.2. The molecule has 0 saturated carbocycles. The van der Waals surface area contributed by atoms with Crippen LogP contribution in [0, 0.1) is 0 Å². The summed E-state index contributed by atoms with van der Waals surface area (Å²) in [5.41, 5.74) is 3.49. The van der Waals surface area contributed by atoms with Gasteiger partial charge < -0.3 is 10.0 Å². The van der Waals surface area contributed by atoms with Gasteiger partial charge >= 0.3 is 5.97 Å². The van der Waals surface area contributed by atoms with E-state index in [-0.39, 0.29) is 10.5 Å². The normalized spacial score (nSPS) is 14.3. The maximum absolute atomic E-state index is 13.5. The summed E-state index contributed by atoms with van der Waals surface area (Å²) in [5.74, 6) is -1.17. The van der Waals surface area contributed by atoms with Crippen LogP contribution in [0.4, 0.5) is 11.4 Å². The Morgan fingerprint density at radius 1 is 1.09 bits per heavy atom. The second kappa shape index (κ2) is 9.27. The molecule has 0 atom stereocenters. The van der Waals surface area contributed by atoms with Crippen LogP contribution in [-0.2, 0) is 23.5 Å². The molecule has 1 aliphatic rings. The molecule has 0 bridgehead atoms. The van der Waals surface area contributed by atoms with Gasteiger partial charge in [0.1, 0.15) is 0 Å². The van der Waals surface area contributed by atoms with Gasteiger partial charge in [-0.2, -0.15) is 5.10 Å².